The summed E-state index contributed by atoms with van der Waals surface area (Å²) in [7, 11) is 2.23. The van der Waals surface area contributed by atoms with Crippen molar-refractivity contribution >= 4 is 33.2 Å². The molecule has 7 aromatic carbocycles. The van der Waals surface area contributed by atoms with Gasteiger partial charge in [0.2, 0.25) is 0 Å². The lowest BCUT2D eigenvalue weighted by Crippen LogP contribution is -2.26. The van der Waals surface area contributed by atoms with E-state index >= 15 is 0 Å². The third kappa shape index (κ3) is 6.65. The van der Waals surface area contributed by atoms with Crippen molar-refractivity contribution in [1.82, 2.24) is 4.57 Å². The molecule has 57 heavy (non-hydrogen) atoms. The Hall–Kier alpha value is -5.86. The minimum atomic E-state index is 0.0829. The molecule has 0 bridgehead atoms. The highest BCUT2D eigenvalue weighted by molar-refractivity contribution is 6.11. The van der Waals surface area contributed by atoms with Crippen LogP contribution in [0.3, 0.4) is 0 Å². The smallest absolute Gasteiger partial charge is 0.0541 e. The molecule has 0 saturated carbocycles. The first-order chi connectivity index (χ1) is 28.0. The van der Waals surface area contributed by atoms with Crippen LogP contribution in [0.15, 0.2) is 158 Å². The molecule has 1 atom stereocenters. The van der Waals surface area contributed by atoms with E-state index in [1.54, 1.807) is 5.56 Å². The Kier molecular flexibility index (Phi) is 10.1. The van der Waals surface area contributed by atoms with E-state index in [2.05, 4.69) is 195 Å². The fourth-order valence-corrected chi connectivity index (χ4v) is 9.66. The van der Waals surface area contributed by atoms with Gasteiger partial charge in [0.25, 0.3) is 0 Å². The fourth-order valence-electron chi connectivity index (χ4n) is 9.66. The van der Waals surface area contributed by atoms with E-state index in [9.17, 15) is 0 Å². The van der Waals surface area contributed by atoms with Crippen LogP contribution in [0.4, 0.5) is 11.4 Å². The van der Waals surface area contributed by atoms with E-state index in [0.717, 1.165) is 0 Å². The molecule has 0 aliphatic heterocycles. The van der Waals surface area contributed by atoms with Crippen LogP contribution in [0.25, 0.3) is 60.9 Å². The summed E-state index contributed by atoms with van der Waals surface area (Å²) in [6, 6.07) is 59.2. The van der Waals surface area contributed by atoms with Crippen molar-refractivity contribution in [3.05, 3.63) is 174 Å². The second-order valence-corrected chi connectivity index (χ2v) is 16.4. The van der Waals surface area contributed by atoms with Crippen LogP contribution in [0.2, 0.25) is 0 Å². The second-order valence-electron chi connectivity index (χ2n) is 16.4. The highest BCUT2D eigenvalue weighted by Crippen LogP contribution is 2.55. The Bertz CT molecular complexity index is 2660. The molecule has 284 valence electrons. The normalized spacial score (nSPS) is 14.6. The number of hydrogen-bond acceptors (Lipinski definition) is 1. The van der Waals surface area contributed by atoms with Crippen molar-refractivity contribution in [2.45, 2.75) is 77.6 Å². The van der Waals surface area contributed by atoms with Crippen LogP contribution in [0.1, 0.15) is 81.9 Å². The van der Waals surface area contributed by atoms with E-state index < -0.39 is 0 Å². The lowest BCUT2D eigenvalue weighted by atomic mass is 9.70. The number of aryl methyl sites for hydroxylation is 1. The maximum atomic E-state index is 2.53. The lowest BCUT2D eigenvalue weighted by molar-refractivity contribution is 0.407. The first-order valence-corrected chi connectivity index (χ1v) is 21.3. The van der Waals surface area contributed by atoms with Crippen molar-refractivity contribution in [3.8, 4) is 39.1 Å². The highest BCUT2D eigenvalue weighted by Gasteiger charge is 2.42. The van der Waals surface area contributed by atoms with E-state index in [1.165, 1.54) is 135 Å². The van der Waals surface area contributed by atoms with Crippen molar-refractivity contribution < 1.29 is 0 Å². The van der Waals surface area contributed by atoms with Gasteiger partial charge in [-0.1, -0.05) is 155 Å². The van der Waals surface area contributed by atoms with Gasteiger partial charge in [-0.2, -0.15) is 0 Å². The molecule has 0 spiro atoms. The Balaban J connectivity index is 1.07. The summed E-state index contributed by atoms with van der Waals surface area (Å²) in [6.07, 6.45) is 10.1. The number of benzene rings is 7. The summed E-state index contributed by atoms with van der Waals surface area (Å²) >= 11 is 0. The van der Waals surface area contributed by atoms with Gasteiger partial charge < -0.3 is 9.47 Å². The van der Waals surface area contributed by atoms with Crippen molar-refractivity contribution in [1.29, 1.82) is 0 Å². The third-order valence-corrected chi connectivity index (χ3v) is 12.8. The van der Waals surface area contributed by atoms with E-state index in [4.69, 9.17) is 0 Å². The van der Waals surface area contributed by atoms with Gasteiger partial charge in [-0.3, -0.25) is 0 Å². The maximum Gasteiger partial charge on any atom is 0.0541 e. The molecule has 2 heteroatoms. The molecule has 0 saturated heterocycles. The van der Waals surface area contributed by atoms with Crippen molar-refractivity contribution in [3.63, 3.8) is 0 Å². The monoisotopic (exact) mass is 742 g/mol. The van der Waals surface area contributed by atoms with Gasteiger partial charge in [-0.15, -0.1) is 0 Å². The molecule has 0 amide bonds. The molecule has 1 unspecified atom stereocenters. The zero-order chi connectivity index (χ0) is 38.9. The van der Waals surface area contributed by atoms with Crippen molar-refractivity contribution in [2.75, 3.05) is 11.9 Å². The third-order valence-electron chi connectivity index (χ3n) is 12.8. The Morgan fingerprint density at radius 2 is 1.04 bits per heavy atom. The quantitative estimate of drug-likeness (QED) is 0.107. The molecule has 1 heterocycles. The number of hydrogen-bond donors (Lipinski definition) is 0. The summed E-state index contributed by atoms with van der Waals surface area (Å²) in [5.74, 6) is 0. The topological polar surface area (TPSA) is 8.17 Å². The molecule has 0 N–H and O–H groups in total. The standard InChI is InChI=1S/C55H54N2/c1-5-7-9-15-35-55(34-8-6-2)51-19-14-13-18-47(51)48-31-30-46(38-52(48)55)56(4)44-28-24-41(25-29-44)43-27-33-54-50(37-43)49-36-42(40-22-20-39(3)21-23-40)26-32-53(49)57(54)45-16-11-10-12-17-45/h10-14,16-33,36-38H,5-9,15,34-35H2,1-4H3. The Morgan fingerprint density at radius 3 is 1.70 bits per heavy atom. The summed E-state index contributed by atoms with van der Waals surface area (Å²) < 4.78 is 2.41. The lowest BCUT2D eigenvalue weighted by Gasteiger charge is -2.33. The molecule has 1 aromatic heterocycles. The predicted octanol–water partition coefficient (Wildman–Crippen LogP) is 15.6. The van der Waals surface area contributed by atoms with Gasteiger partial charge >= 0.3 is 0 Å². The SMILES string of the molecule is CCCCCCC1(CCCC)c2ccccc2-c2ccc(N(C)c3ccc(-c4ccc5c(c4)c4cc(-c6ccc(C)cc6)ccc4n5-c4ccccc4)cc3)cc21. The van der Waals surface area contributed by atoms with E-state index in [-0.39, 0.29) is 5.41 Å². The molecule has 1 aliphatic carbocycles. The van der Waals surface area contributed by atoms with E-state index in [0.29, 0.717) is 0 Å². The molecule has 0 fully saturated rings. The number of aromatic nitrogens is 1. The zero-order valence-electron chi connectivity index (χ0n) is 34.1. The maximum absolute atomic E-state index is 2.53. The molecule has 1 aliphatic rings. The Morgan fingerprint density at radius 1 is 0.474 bits per heavy atom. The number of fused-ring (bicyclic) bond motifs is 6. The summed E-state index contributed by atoms with van der Waals surface area (Å²) in [5, 5.41) is 2.53. The van der Waals surface area contributed by atoms with E-state index in [1.807, 2.05) is 0 Å². The van der Waals surface area contributed by atoms with Gasteiger partial charge in [0.15, 0.2) is 0 Å². The average Bonchev–Trinajstić information content (AvgIpc) is 3.73. The first-order valence-electron chi connectivity index (χ1n) is 21.3. The molecule has 2 nitrogen and oxygen atoms in total. The van der Waals surface area contributed by atoms with Gasteiger partial charge in [0.05, 0.1) is 11.0 Å². The molecule has 8 aromatic rings. The minimum Gasteiger partial charge on any atom is -0.345 e. The fraction of sp³-hybridized carbons (Fsp3) is 0.236. The summed E-state index contributed by atoms with van der Waals surface area (Å²) in [6.45, 7) is 6.80. The van der Waals surface area contributed by atoms with Crippen LogP contribution < -0.4 is 4.90 Å². The zero-order valence-corrected chi connectivity index (χ0v) is 34.1. The van der Waals surface area contributed by atoms with Crippen LogP contribution in [0, 0.1) is 6.92 Å². The minimum absolute atomic E-state index is 0.0829. The number of unbranched alkanes of at least 4 members (excludes halogenated alkanes) is 4. The van der Waals surface area contributed by atoms with Crippen LogP contribution in [-0.4, -0.2) is 11.6 Å². The molecular weight excluding hydrogens is 689 g/mol. The van der Waals surface area contributed by atoms with Gasteiger partial charge in [0, 0.05) is 40.3 Å². The van der Waals surface area contributed by atoms with Crippen LogP contribution in [-0.2, 0) is 5.41 Å². The number of para-hydroxylation sites is 1. The molecule has 9 rings (SSSR count). The Labute approximate surface area is 339 Å². The average molecular weight is 743 g/mol. The van der Waals surface area contributed by atoms with Gasteiger partial charge in [-0.25, -0.2) is 0 Å². The predicted molar refractivity (Wildman–Crippen MR) is 245 cm³/mol. The van der Waals surface area contributed by atoms with Gasteiger partial charge in [0.1, 0.15) is 0 Å². The number of nitrogens with zero attached hydrogens (tertiary/aromatic N) is 2. The number of anilines is 2. The summed E-state index contributed by atoms with van der Waals surface area (Å²) in [5.41, 5.74) is 18.3. The molecular formula is C55H54N2. The number of rotatable bonds is 13. The largest absolute Gasteiger partial charge is 0.345 e. The highest BCUT2D eigenvalue weighted by atomic mass is 15.1. The second kappa shape index (κ2) is 15.6. The first kappa shape index (κ1) is 36.8. The van der Waals surface area contributed by atoms with Gasteiger partial charge in [-0.05, 0) is 125 Å². The van der Waals surface area contributed by atoms with Crippen LogP contribution >= 0.6 is 0 Å². The van der Waals surface area contributed by atoms with Crippen molar-refractivity contribution in [2.24, 2.45) is 0 Å². The molecule has 0 radical (unpaired) electrons. The van der Waals surface area contributed by atoms with Crippen LogP contribution in [0.5, 0.6) is 0 Å². The summed E-state index contributed by atoms with van der Waals surface area (Å²) in [4.78, 5) is 2.37.